The van der Waals surface area contributed by atoms with E-state index in [0.717, 1.165) is 18.8 Å². The van der Waals surface area contributed by atoms with Gasteiger partial charge in [0.05, 0.1) is 0 Å². The van der Waals surface area contributed by atoms with Crippen molar-refractivity contribution in [3.05, 3.63) is 66.3 Å². The minimum absolute atomic E-state index is 0.869. The van der Waals surface area contributed by atoms with Crippen molar-refractivity contribution in [2.75, 3.05) is 0 Å². The van der Waals surface area contributed by atoms with Crippen LogP contribution in [-0.4, -0.2) is 9.55 Å². The third-order valence-corrected chi connectivity index (χ3v) is 2.67. The van der Waals surface area contributed by atoms with Crippen LogP contribution in [-0.2, 0) is 13.0 Å². The topological polar surface area (TPSA) is 17.8 Å². The fourth-order valence-electron chi connectivity index (χ4n) is 1.81. The van der Waals surface area contributed by atoms with Crippen LogP contribution in [0.5, 0.6) is 0 Å². The third-order valence-electron chi connectivity index (χ3n) is 2.67. The van der Waals surface area contributed by atoms with Crippen LogP contribution in [0.2, 0.25) is 0 Å². The maximum absolute atomic E-state index is 4.35. The molecule has 1 aromatic carbocycles. The second kappa shape index (κ2) is 4.79. The number of hydrogen-bond acceptors (Lipinski definition) is 1. The first kappa shape index (κ1) is 10.7. The molecule has 0 fully saturated rings. The van der Waals surface area contributed by atoms with E-state index in [1.807, 2.05) is 25.3 Å². The molecule has 1 heterocycles. The van der Waals surface area contributed by atoms with Gasteiger partial charge < -0.3 is 4.57 Å². The predicted molar refractivity (Wildman–Crippen MR) is 66.4 cm³/mol. The largest absolute Gasteiger partial charge is 0.328 e. The van der Waals surface area contributed by atoms with Crippen LogP contribution in [0.25, 0.3) is 0 Å². The lowest BCUT2D eigenvalue weighted by Gasteiger charge is -2.09. The highest BCUT2D eigenvalue weighted by atomic mass is 15.1. The SMILES string of the molecule is C=CCc1cnc(C)n1Cc1ccccc1. The molecule has 0 bridgehead atoms. The number of nitrogens with zero attached hydrogens (tertiary/aromatic N) is 2. The Bertz CT molecular complexity index is 469. The van der Waals surface area contributed by atoms with Gasteiger partial charge in [-0.15, -0.1) is 6.58 Å². The zero-order chi connectivity index (χ0) is 11.4. The lowest BCUT2D eigenvalue weighted by Crippen LogP contribution is -2.05. The van der Waals surface area contributed by atoms with Gasteiger partial charge in [-0.1, -0.05) is 36.4 Å². The minimum Gasteiger partial charge on any atom is -0.328 e. The molecule has 1 aromatic heterocycles. The molecule has 0 saturated heterocycles. The van der Waals surface area contributed by atoms with E-state index in [-0.39, 0.29) is 0 Å². The lowest BCUT2D eigenvalue weighted by atomic mass is 10.2. The van der Waals surface area contributed by atoms with E-state index in [4.69, 9.17) is 0 Å². The van der Waals surface area contributed by atoms with Gasteiger partial charge in [-0.3, -0.25) is 0 Å². The van der Waals surface area contributed by atoms with E-state index in [0.29, 0.717) is 0 Å². The summed E-state index contributed by atoms with van der Waals surface area (Å²) in [5, 5.41) is 0. The predicted octanol–water partition coefficient (Wildman–Crippen LogP) is 2.97. The summed E-state index contributed by atoms with van der Waals surface area (Å²) >= 11 is 0. The zero-order valence-corrected chi connectivity index (χ0v) is 9.56. The summed E-state index contributed by atoms with van der Waals surface area (Å²) < 4.78 is 2.23. The van der Waals surface area contributed by atoms with Crippen LogP contribution < -0.4 is 0 Å². The maximum Gasteiger partial charge on any atom is 0.106 e. The van der Waals surface area contributed by atoms with Gasteiger partial charge in [0, 0.05) is 24.9 Å². The average Bonchev–Trinajstić information content (AvgIpc) is 2.64. The summed E-state index contributed by atoms with van der Waals surface area (Å²) in [6.45, 7) is 6.69. The van der Waals surface area contributed by atoms with Gasteiger partial charge in [0.1, 0.15) is 5.82 Å². The molecular weight excluding hydrogens is 196 g/mol. The van der Waals surface area contributed by atoms with Crippen molar-refractivity contribution in [2.45, 2.75) is 19.9 Å². The van der Waals surface area contributed by atoms with Crippen molar-refractivity contribution >= 4 is 0 Å². The molecule has 0 radical (unpaired) electrons. The van der Waals surface area contributed by atoms with E-state index >= 15 is 0 Å². The third kappa shape index (κ3) is 2.22. The van der Waals surface area contributed by atoms with Gasteiger partial charge in [-0.25, -0.2) is 4.98 Å². The molecule has 0 atom stereocenters. The second-order valence-corrected chi connectivity index (χ2v) is 3.86. The summed E-state index contributed by atoms with van der Waals surface area (Å²) in [6.07, 6.45) is 4.71. The normalized spacial score (nSPS) is 10.3. The number of aromatic nitrogens is 2. The molecule has 82 valence electrons. The molecule has 0 N–H and O–H groups in total. The highest BCUT2D eigenvalue weighted by Gasteiger charge is 2.05. The van der Waals surface area contributed by atoms with Crippen LogP contribution in [0.1, 0.15) is 17.1 Å². The zero-order valence-electron chi connectivity index (χ0n) is 9.56. The molecule has 2 rings (SSSR count). The van der Waals surface area contributed by atoms with Crippen LogP contribution in [0.3, 0.4) is 0 Å². The van der Waals surface area contributed by atoms with E-state index < -0.39 is 0 Å². The molecule has 2 nitrogen and oxygen atoms in total. The Kier molecular flexibility index (Phi) is 3.20. The van der Waals surface area contributed by atoms with Crippen molar-refractivity contribution in [3.8, 4) is 0 Å². The first-order chi connectivity index (χ1) is 7.81. The number of hydrogen-bond donors (Lipinski definition) is 0. The number of allylic oxidation sites excluding steroid dienone is 1. The summed E-state index contributed by atoms with van der Waals surface area (Å²) in [6, 6.07) is 10.4. The van der Waals surface area contributed by atoms with Crippen LogP contribution >= 0.6 is 0 Å². The molecular formula is C14H16N2. The Morgan fingerprint density at radius 3 is 2.75 bits per heavy atom. The van der Waals surface area contributed by atoms with Crippen molar-refractivity contribution in [1.82, 2.24) is 9.55 Å². The van der Waals surface area contributed by atoms with Gasteiger partial charge in [0.2, 0.25) is 0 Å². The van der Waals surface area contributed by atoms with E-state index in [2.05, 4.69) is 40.4 Å². The number of benzene rings is 1. The molecule has 0 aliphatic heterocycles. The first-order valence-electron chi connectivity index (χ1n) is 5.47. The molecule has 16 heavy (non-hydrogen) atoms. The second-order valence-electron chi connectivity index (χ2n) is 3.86. The number of aryl methyl sites for hydroxylation is 1. The minimum atomic E-state index is 0.869. The summed E-state index contributed by atoms with van der Waals surface area (Å²) in [4.78, 5) is 4.35. The van der Waals surface area contributed by atoms with Gasteiger partial charge in [0.15, 0.2) is 0 Å². The van der Waals surface area contributed by atoms with Crippen molar-refractivity contribution in [1.29, 1.82) is 0 Å². The maximum atomic E-state index is 4.35. The Labute approximate surface area is 96.3 Å². The quantitative estimate of drug-likeness (QED) is 0.712. The average molecular weight is 212 g/mol. The van der Waals surface area contributed by atoms with Gasteiger partial charge in [0.25, 0.3) is 0 Å². The smallest absolute Gasteiger partial charge is 0.106 e. The molecule has 0 saturated carbocycles. The Hall–Kier alpha value is -1.83. The van der Waals surface area contributed by atoms with Crippen molar-refractivity contribution in [2.24, 2.45) is 0 Å². The summed E-state index contributed by atoms with van der Waals surface area (Å²) in [5.74, 6) is 1.06. The summed E-state index contributed by atoms with van der Waals surface area (Å²) in [7, 11) is 0. The Morgan fingerprint density at radius 1 is 1.31 bits per heavy atom. The Morgan fingerprint density at radius 2 is 2.06 bits per heavy atom. The molecule has 0 amide bonds. The standard InChI is InChI=1S/C14H16N2/c1-3-7-14-10-15-12(2)16(14)11-13-8-5-4-6-9-13/h3-6,8-10H,1,7,11H2,2H3. The van der Waals surface area contributed by atoms with Crippen LogP contribution in [0.4, 0.5) is 0 Å². The molecule has 0 unspecified atom stereocenters. The number of imidazole rings is 1. The molecule has 0 spiro atoms. The molecule has 2 aromatic rings. The van der Waals surface area contributed by atoms with E-state index in [9.17, 15) is 0 Å². The van der Waals surface area contributed by atoms with Crippen LogP contribution in [0, 0.1) is 6.92 Å². The first-order valence-corrected chi connectivity index (χ1v) is 5.47. The van der Waals surface area contributed by atoms with Crippen molar-refractivity contribution in [3.63, 3.8) is 0 Å². The molecule has 0 aliphatic carbocycles. The van der Waals surface area contributed by atoms with Crippen LogP contribution in [0.15, 0.2) is 49.2 Å². The fraction of sp³-hybridized carbons (Fsp3) is 0.214. The van der Waals surface area contributed by atoms with E-state index in [1.54, 1.807) is 0 Å². The molecule has 0 aliphatic rings. The lowest BCUT2D eigenvalue weighted by molar-refractivity contribution is 0.727. The van der Waals surface area contributed by atoms with Gasteiger partial charge in [-0.2, -0.15) is 0 Å². The highest BCUT2D eigenvalue weighted by molar-refractivity contribution is 5.18. The molecule has 2 heteroatoms. The monoisotopic (exact) mass is 212 g/mol. The van der Waals surface area contributed by atoms with Gasteiger partial charge in [-0.05, 0) is 12.5 Å². The number of rotatable bonds is 4. The fourth-order valence-corrected chi connectivity index (χ4v) is 1.81. The highest BCUT2D eigenvalue weighted by Crippen LogP contribution is 2.10. The van der Waals surface area contributed by atoms with Gasteiger partial charge >= 0.3 is 0 Å². The summed E-state index contributed by atoms with van der Waals surface area (Å²) in [5.41, 5.74) is 2.52. The van der Waals surface area contributed by atoms with Crippen molar-refractivity contribution < 1.29 is 0 Å². The Balaban J connectivity index is 2.26. The van der Waals surface area contributed by atoms with E-state index in [1.165, 1.54) is 11.3 Å².